The van der Waals surface area contributed by atoms with E-state index in [-0.39, 0.29) is 5.75 Å². The lowest BCUT2D eigenvalue weighted by Gasteiger charge is -2.18. The molecule has 3 N–H and O–H groups in total. The maximum Gasteiger partial charge on any atom is 0.313 e. The summed E-state index contributed by atoms with van der Waals surface area (Å²) in [7, 11) is 0. The Hall–Kier alpha value is -2.30. The number of phenols is 1. The van der Waals surface area contributed by atoms with Crippen LogP contribution in [0.5, 0.6) is 5.75 Å². The SMILES string of the molecule is O=C(NC[C@@H]1C[C@H]2C=C[C@H]1C2)C(=O)Nc1cccc(O)c1. The van der Waals surface area contributed by atoms with Crippen molar-refractivity contribution in [2.75, 3.05) is 11.9 Å². The van der Waals surface area contributed by atoms with Crippen LogP contribution in [0.25, 0.3) is 0 Å². The van der Waals surface area contributed by atoms with Crippen molar-refractivity contribution >= 4 is 17.5 Å². The van der Waals surface area contributed by atoms with Gasteiger partial charge in [0.15, 0.2) is 0 Å². The van der Waals surface area contributed by atoms with Crippen molar-refractivity contribution in [2.24, 2.45) is 17.8 Å². The smallest absolute Gasteiger partial charge is 0.313 e. The molecule has 0 aromatic heterocycles. The third kappa shape index (κ3) is 3.07. The fourth-order valence-corrected chi connectivity index (χ4v) is 3.20. The predicted molar refractivity (Wildman–Crippen MR) is 78.6 cm³/mol. The summed E-state index contributed by atoms with van der Waals surface area (Å²) in [6.45, 7) is 0.539. The molecule has 1 fully saturated rings. The first-order chi connectivity index (χ1) is 10.1. The van der Waals surface area contributed by atoms with Gasteiger partial charge in [0.2, 0.25) is 0 Å². The van der Waals surface area contributed by atoms with Crippen LogP contribution in [-0.4, -0.2) is 23.5 Å². The Morgan fingerprint density at radius 2 is 2.05 bits per heavy atom. The van der Waals surface area contributed by atoms with Crippen LogP contribution in [-0.2, 0) is 9.59 Å². The molecule has 5 nitrogen and oxygen atoms in total. The highest BCUT2D eigenvalue weighted by Crippen LogP contribution is 2.42. The van der Waals surface area contributed by atoms with Crippen molar-refractivity contribution in [3.63, 3.8) is 0 Å². The van der Waals surface area contributed by atoms with Crippen LogP contribution < -0.4 is 10.6 Å². The molecule has 1 aromatic rings. The topological polar surface area (TPSA) is 78.4 Å². The Morgan fingerprint density at radius 1 is 1.19 bits per heavy atom. The maximum atomic E-state index is 11.8. The molecule has 2 bridgehead atoms. The van der Waals surface area contributed by atoms with Gasteiger partial charge in [0.1, 0.15) is 5.75 Å². The van der Waals surface area contributed by atoms with Gasteiger partial charge in [0.05, 0.1) is 0 Å². The molecular weight excluding hydrogens is 268 g/mol. The first-order valence-electron chi connectivity index (χ1n) is 7.18. The van der Waals surface area contributed by atoms with Gasteiger partial charge in [0.25, 0.3) is 0 Å². The fraction of sp³-hybridized carbons (Fsp3) is 0.375. The Balaban J connectivity index is 1.49. The van der Waals surface area contributed by atoms with E-state index >= 15 is 0 Å². The number of carbonyl (C=O) groups excluding carboxylic acids is 2. The Kier molecular flexibility index (Phi) is 3.64. The molecule has 0 heterocycles. The van der Waals surface area contributed by atoms with E-state index in [4.69, 9.17) is 0 Å². The largest absolute Gasteiger partial charge is 0.508 e. The minimum Gasteiger partial charge on any atom is -0.508 e. The number of allylic oxidation sites excluding steroid dienone is 2. The second-order valence-electron chi connectivity index (χ2n) is 5.75. The van der Waals surface area contributed by atoms with Gasteiger partial charge < -0.3 is 15.7 Å². The summed E-state index contributed by atoms with van der Waals surface area (Å²) < 4.78 is 0. The van der Waals surface area contributed by atoms with Gasteiger partial charge in [0, 0.05) is 18.3 Å². The monoisotopic (exact) mass is 286 g/mol. The van der Waals surface area contributed by atoms with Crippen LogP contribution in [0, 0.1) is 17.8 Å². The highest BCUT2D eigenvalue weighted by Gasteiger charge is 2.35. The number of hydrogen-bond acceptors (Lipinski definition) is 3. The summed E-state index contributed by atoms with van der Waals surface area (Å²) in [5, 5.41) is 14.5. The maximum absolute atomic E-state index is 11.8. The van der Waals surface area contributed by atoms with Crippen LogP contribution in [0.4, 0.5) is 5.69 Å². The average Bonchev–Trinajstić information content (AvgIpc) is 3.07. The first-order valence-corrected chi connectivity index (χ1v) is 7.18. The lowest BCUT2D eigenvalue weighted by molar-refractivity contribution is -0.136. The van der Waals surface area contributed by atoms with Crippen molar-refractivity contribution in [1.29, 1.82) is 0 Å². The molecule has 0 spiro atoms. The van der Waals surface area contributed by atoms with Crippen molar-refractivity contribution in [2.45, 2.75) is 12.8 Å². The number of anilines is 1. The highest BCUT2D eigenvalue weighted by atomic mass is 16.3. The lowest BCUT2D eigenvalue weighted by Crippen LogP contribution is -2.38. The van der Waals surface area contributed by atoms with Crippen LogP contribution in [0.1, 0.15) is 12.8 Å². The predicted octanol–water partition coefficient (Wildman–Crippen LogP) is 1.66. The summed E-state index contributed by atoms with van der Waals surface area (Å²) in [4.78, 5) is 23.6. The number of hydrogen-bond donors (Lipinski definition) is 3. The molecule has 1 aromatic carbocycles. The van der Waals surface area contributed by atoms with Gasteiger partial charge in [-0.25, -0.2) is 0 Å². The molecule has 5 heteroatoms. The minimum atomic E-state index is -0.709. The van der Waals surface area contributed by atoms with E-state index < -0.39 is 11.8 Å². The number of aromatic hydroxyl groups is 1. The molecule has 2 aliphatic rings. The van der Waals surface area contributed by atoms with Gasteiger partial charge in [-0.05, 0) is 42.7 Å². The summed E-state index contributed by atoms with van der Waals surface area (Å²) in [5.41, 5.74) is 0.401. The number of rotatable bonds is 3. The zero-order valence-electron chi connectivity index (χ0n) is 11.6. The molecule has 0 unspecified atom stereocenters. The number of carbonyl (C=O) groups is 2. The third-order valence-corrected chi connectivity index (χ3v) is 4.25. The lowest BCUT2D eigenvalue weighted by atomic mass is 9.94. The quantitative estimate of drug-likeness (QED) is 0.584. The molecule has 1 saturated carbocycles. The zero-order valence-corrected chi connectivity index (χ0v) is 11.6. The van der Waals surface area contributed by atoms with Crippen molar-refractivity contribution in [3.8, 4) is 5.75 Å². The molecule has 3 atom stereocenters. The van der Waals surface area contributed by atoms with Crippen molar-refractivity contribution < 1.29 is 14.7 Å². The van der Waals surface area contributed by atoms with Crippen LogP contribution >= 0.6 is 0 Å². The summed E-state index contributed by atoms with van der Waals surface area (Å²) in [6.07, 6.45) is 6.74. The Labute approximate surface area is 123 Å². The van der Waals surface area contributed by atoms with Crippen molar-refractivity contribution in [1.82, 2.24) is 5.32 Å². The number of nitrogens with one attached hydrogen (secondary N) is 2. The van der Waals surface area contributed by atoms with E-state index in [1.807, 2.05) is 0 Å². The normalized spacial score (nSPS) is 25.8. The average molecular weight is 286 g/mol. The summed E-state index contributed by atoms with van der Waals surface area (Å²) in [6, 6.07) is 6.11. The van der Waals surface area contributed by atoms with Gasteiger partial charge in [-0.15, -0.1) is 0 Å². The van der Waals surface area contributed by atoms with Crippen molar-refractivity contribution in [3.05, 3.63) is 36.4 Å². The van der Waals surface area contributed by atoms with E-state index in [9.17, 15) is 14.7 Å². The van der Waals surface area contributed by atoms with Crippen LogP contribution in [0.15, 0.2) is 36.4 Å². The Bertz CT molecular complexity index is 597. The second kappa shape index (κ2) is 5.60. The Morgan fingerprint density at radius 3 is 2.71 bits per heavy atom. The van der Waals surface area contributed by atoms with E-state index in [0.29, 0.717) is 30.0 Å². The molecule has 21 heavy (non-hydrogen) atoms. The van der Waals surface area contributed by atoms with Crippen LogP contribution in [0.2, 0.25) is 0 Å². The van der Waals surface area contributed by atoms with E-state index in [2.05, 4.69) is 22.8 Å². The molecule has 3 rings (SSSR count). The number of benzene rings is 1. The van der Waals surface area contributed by atoms with E-state index in [1.165, 1.54) is 18.6 Å². The molecule has 2 amide bonds. The van der Waals surface area contributed by atoms with Gasteiger partial charge in [-0.2, -0.15) is 0 Å². The molecule has 0 saturated heterocycles. The number of amides is 2. The second-order valence-corrected chi connectivity index (χ2v) is 5.75. The molecule has 2 aliphatic carbocycles. The molecule has 0 aliphatic heterocycles. The fourth-order valence-electron chi connectivity index (χ4n) is 3.20. The minimum absolute atomic E-state index is 0.0435. The molecular formula is C16H18N2O3. The molecule has 0 radical (unpaired) electrons. The molecule has 110 valence electrons. The number of phenolic OH excluding ortho intramolecular Hbond substituents is 1. The zero-order chi connectivity index (χ0) is 14.8. The van der Waals surface area contributed by atoms with Gasteiger partial charge in [-0.3, -0.25) is 9.59 Å². The van der Waals surface area contributed by atoms with Gasteiger partial charge in [-0.1, -0.05) is 18.2 Å². The summed E-state index contributed by atoms with van der Waals surface area (Å²) >= 11 is 0. The number of fused-ring (bicyclic) bond motifs is 2. The standard InChI is InChI=1S/C16H18N2O3/c19-14-3-1-2-13(8-14)18-16(21)15(20)17-9-12-7-10-4-5-11(12)6-10/h1-5,8,10-12,19H,6-7,9H2,(H,17,20)(H,18,21)/t10-,11-,12-/m0/s1. The first kappa shape index (κ1) is 13.7. The van der Waals surface area contributed by atoms with E-state index in [1.54, 1.807) is 12.1 Å². The van der Waals surface area contributed by atoms with E-state index in [0.717, 1.165) is 6.42 Å². The highest BCUT2D eigenvalue weighted by molar-refractivity contribution is 6.39. The van der Waals surface area contributed by atoms with Gasteiger partial charge >= 0.3 is 11.8 Å². The van der Waals surface area contributed by atoms with Crippen LogP contribution in [0.3, 0.4) is 0 Å². The third-order valence-electron chi connectivity index (χ3n) is 4.25. The summed E-state index contributed by atoms with van der Waals surface area (Å²) in [5.74, 6) is 0.339.